The average molecular weight is 242 g/mol. The van der Waals surface area contributed by atoms with Gasteiger partial charge in [0, 0.05) is 12.6 Å². The topological polar surface area (TPSA) is 50.4 Å². The Morgan fingerprint density at radius 3 is 2.65 bits per heavy atom. The third kappa shape index (κ3) is 5.04. The molecule has 4 heteroatoms. The zero-order chi connectivity index (χ0) is 12.9. The Kier molecular flexibility index (Phi) is 5.40. The van der Waals surface area contributed by atoms with Crippen molar-refractivity contribution in [3.05, 3.63) is 0 Å². The molecule has 0 aromatic rings. The van der Waals surface area contributed by atoms with E-state index in [9.17, 15) is 4.79 Å². The molecule has 0 spiro atoms. The van der Waals surface area contributed by atoms with E-state index in [-0.39, 0.29) is 23.3 Å². The Labute approximate surface area is 104 Å². The van der Waals surface area contributed by atoms with E-state index in [4.69, 9.17) is 4.74 Å². The third-order valence-corrected chi connectivity index (χ3v) is 2.87. The van der Waals surface area contributed by atoms with Gasteiger partial charge in [-0.1, -0.05) is 27.7 Å². The van der Waals surface area contributed by atoms with Crippen LogP contribution in [0.15, 0.2) is 0 Å². The fourth-order valence-corrected chi connectivity index (χ4v) is 1.83. The van der Waals surface area contributed by atoms with Crippen molar-refractivity contribution in [2.75, 3.05) is 26.3 Å². The first-order chi connectivity index (χ1) is 7.94. The summed E-state index contributed by atoms with van der Waals surface area (Å²) in [4.78, 5) is 12.0. The molecule has 1 aliphatic rings. The van der Waals surface area contributed by atoms with Gasteiger partial charge in [-0.2, -0.15) is 0 Å². The van der Waals surface area contributed by atoms with E-state index >= 15 is 0 Å². The summed E-state index contributed by atoms with van der Waals surface area (Å²) >= 11 is 0. The van der Waals surface area contributed by atoms with Gasteiger partial charge in [-0.15, -0.1) is 0 Å². The Bertz CT molecular complexity index is 248. The highest BCUT2D eigenvalue weighted by Gasteiger charge is 2.33. The van der Waals surface area contributed by atoms with E-state index in [1.54, 1.807) is 0 Å². The fourth-order valence-electron chi connectivity index (χ4n) is 1.83. The van der Waals surface area contributed by atoms with Gasteiger partial charge in [0.25, 0.3) is 0 Å². The van der Waals surface area contributed by atoms with E-state index in [0.29, 0.717) is 19.8 Å². The monoisotopic (exact) mass is 242 g/mol. The summed E-state index contributed by atoms with van der Waals surface area (Å²) in [5.41, 5.74) is 0.126. The highest BCUT2D eigenvalue weighted by Crippen LogP contribution is 2.15. The lowest BCUT2D eigenvalue weighted by atomic mass is 9.96. The number of hydrogen-bond acceptors (Lipinski definition) is 3. The SMILES string of the molecule is CCCNC1COCC1C(=O)NCC(C)(C)C. The first-order valence-corrected chi connectivity index (χ1v) is 6.53. The van der Waals surface area contributed by atoms with E-state index in [2.05, 4.69) is 38.3 Å². The molecule has 0 radical (unpaired) electrons. The summed E-state index contributed by atoms with van der Waals surface area (Å²) in [6.45, 7) is 11.3. The molecule has 0 saturated carbocycles. The Balaban J connectivity index is 2.39. The number of nitrogens with one attached hydrogen (secondary N) is 2. The Morgan fingerprint density at radius 1 is 1.35 bits per heavy atom. The van der Waals surface area contributed by atoms with E-state index < -0.39 is 0 Å². The predicted octanol–water partition coefficient (Wildman–Crippen LogP) is 1.16. The lowest BCUT2D eigenvalue weighted by Gasteiger charge is -2.22. The van der Waals surface area contributed by atoms with Gasteiger partial charge < -0.3 is 15.4 Å². The summed E-state index contributed by atoms with van der Waals surface area (Å²) in [6, 6.07) is 0.176. The minimum atomic E-state index is -0.0381. The summed E-state index contributed by atoms with van der Waals surface area (Å²) in [7, 11) is 0. The van der Waals surface area contributed by atoms with Gasteiger partial charge in [-0.3, -0.25) is 4.79 Å². The third-order valence-electron chi connectivity index (χ3n) is 2.87. The number of amides is 1. The minimum Gasteiger partial charge on any atom is -0.379 e. The van der Waals surface area contributed by atoms with E-state index in [1.165, 1.54) is 0 Å². The second-order valence-corrected chi connectivity index (χ2v) is 5.98. The van der Waals surface area contributed by atoms with E-state index in [0.717, 1.165) is 13.0 Å². The zero-order valence-electron chi connectivity index (χ0n) is 11.5. The van der Waals surface area contributed by atoms with Crippen LogP contribution in [0.25, 0.3) is 0 Å². The highest BCUT2D eigenvalue weighted by atomic mass is 16.5. The molecule has 1 rings (SSSR count). The largest absolute Gasteiger partial charge is 0.379 e. The molecule has 1 amide bonds. The molecule has 1 aliphatic heterocycles. The lowest BCUT2D eigenvalue weighted by molar-refractivity contribution is -0.125. The summed E-state index contributed by atoms with van der Waals surface area (Å²) in [5.74, 6) is 0.0786. The molecule has 2 atom stereocenters. The standard InChI is InChI=1S/C13H26N2O2/c1-5-6-14-11-8-17-7-10(11)12(16)15-9-13(2,3)4/h10-11,14H,5-9H2,1-4H3,(H,15,16). The van der Waals surface area contributed by atoms with Gasteiger partial charge in [-0.05, 0) is 18.4 Å². The first-order valence-electron chi connectivity index (χ1n) is 6.53. The maximum absolute atomic E-state index is 12.0. The highest BCUT2D eigenvalue weighted by molar-refractivity contribution is 5.79. The predicted molar refractivity (Wildman–Crippen MR) is 68.9 cm³/mol. The van der Waals surface area contributed by atoms with Crippen molar-refractivity contribution in [2.24, 2.45) is 11.3 Å². The van der Waals surface area contributed by atoms with Crippen LogP contribution >= 0.6 is 0 Å². The van der Waals surface area contributed by atoms with Crippen LogP contribution in [0, 0.1) is 11.3 Å². The van der Waals surface area contributed by atoms with Crippen molar-refractivity contribution in [1.29, 1.82) is 0 Å². The quantitative estimate of drug-likeness (QED) is 0.761. The van der Waals surface area contributed by atoms with Crippen LogP contribution in [0.3, 0.4) is 0 Å². The van der Waals surface area contributed by atoms with Crippen molar-refractivity contribution >= 4 is 5.91 Å². The van der Waals surface area contributed by atoms with Crippen LogP contribution in [0.2, 0.25) is 0 Å². The second kappa shape index (κ2) is 6.36. The molecule has 1 heterocycles. The van der Waals surface area contributed by atoms with Crippen LogP contribution in [0.1, 0.15) is 34.1 Å². The minimum absolute atomic E-state index is 0.0381. The number of ether oxygens (including phenoxy) is 1. The second-order valence-electron chi connectivity index (χ2n) is 5.98. The molecule has 1 saturated heterocycles. The Morgan fingerprint density at radius 2 is 2.06 bits per heavy atom. The van der Waals surface area contributed by atoms with Crippen molar-refractivity contribution in [3.63, 3.8) is 0 Å². The van der Waals surface area contributed by atoms with Gasteiger partial charge in [0.2, 0.25) is 5.91 Å². The normalized spacial score (nSPS) is 24.9. The molecule has 2 N–H and O–H groups in total. The number of carbonyl (C=O) groups is 1. The van der Waals surface area contributed by atoms with Crippen LogP contribution in [0.4, 0.5) is 0 Å². The zero-order valence-corrected chi connectivity index (χ0v) is 11.5. The van der Waals surface area contributed by atoms with Gasteiger partial charge in [0.1, 0.15) is 0 Å². The Hall–Kier alpha value is -0.610. The molecule has 1 fully saturated rings. The molecular weight excluding hydrogens is 216 g/mol. The van der Waals surface area contributed by atoms with Crippen LogP contribution in [-0.4, -0.2) is 38.3 Å². The summed E-state index contributed by atoms with van der Waals surface area (Å²) in [5, 5.41) is 6.39. The first kappa shape index (κ1) is 14.5. The molecule has 17 heavy (non-hydrogen) atoms. The summed E-state index contributed by atoms with van der Waals surface area (Å²) in [6.07, 6.45) is 1.08. The molecule has 0 aromatic heterocycles. The average Bonchev–Trinajstić information content (AvgIpc) is 2.70. The maximum Gasteiger partial charge on any atom is 0.227 e. The molecule has 4 nitrogen and oxygen atoms in total. The molecule has 2 unspecified atom stereocenters. The van der Waals surface area contributed by atoms with Crippen molar-refractivity contribution < 1.29 is 9.53 Å². The number of hydrogen-bond donors (Lipinski definition) is 2. The summed E-state index contributed by atoms with van der Waals surface area (Å²) < 4.78 is 5.40. The molecule has 0 bridgehead atoms. The molecular formula is C13H26N2O2. The van der Waals surface area contributed by atoms with Crippen LogP contribution in [0.5, 0.6) is 0 Å². The maximum atomic E-state index is 12.0. The van der Waals surface area contributed by atoms with Crippen LogP contribution < -0.4 is 10.6 Å². The fraction of sp³-hybridized carbons (Fsp3) is 0.923. The van der Waals surface area contributed by atoms with Gasteiger partial charge in [0.15, 0.2) is 0 Å². The molecule has 0 aromatic carbocycles. The van der Waals surface area contributed by atoms with Crippen molar-refractivity contribution in [1.82, 2.24) is 10.6 Å². The van der Waals surface area contributed by atoms with Crippen molar-refractivity contribution in [3.8, 4) is 0 Å². The van der Waals surface area contributed by atoms with E-state index in [1.807, 2.05) is 0 Å². The molecule has 100 valence electrons. The van der Waals surface area contributed by atoms with Crippen molar-refractivity contribution in [2.45, 2.75) is 40.2 Å². The molecule has 0 aliphatic carbocycles. The number of carbonyl (C=O) groups excluding carboxylic acids is 1. The van der Waals surface area contributed by atoms with Gasteiger partial charge >= 0.3 is 0 Å². The smallest absolute Gasteiger partial charge is 0.227 e. The lowest BCUT2D eigenvalue weighted by Crippen LogP contribution is -2.45. The van der Waals surface area contributed by atoms with Gasteiger partial charge in [0.05, 0.1) is 19.1 Å². The number of rotatable bonds is 5. The van der Waals surface area contributed by atoms with Crippen LogP contribution in [-0.2, 0) is 9.53 Å². The van der Waals surface area contributed by atoms with Gasteiger partial charge in [-0.25, -0.2) is 0 Å².